The Morgan fingerprint density at radius 1 is 1.14 bits per heavy atom. The number of aromatic nitrogens is 2. The van der Waals surface area contributed by atoms with Gasteiger partial charge in [0.25, 0.3) is 5.91 Å². The fourth-order valence-corrected chi connectivity index (χ4v) is 4.63. The number of nitrogen functional groups attached to an aromatic ring is 1. The highest BCUT2D eigenvalue weighted by molar-refractivity contribution is 6.36. The summed E-state index contributed by atoms with van der Waals surface area (Å²) < 4.78 is 19.8. The lowest BCUT2D eigenvalue weighted by molar-refractivity contribution is 0.102. The van der Waals surface area contributed by atoms with Gasteiger partial charge in [-0.3, -0.25) is 4.79 Å². The highest BCUT2D eigenvalue weighted by Crippen LogP contribution is 2.36. The summed E-state index contributed by atoms with van der Waals surface area (Å²) in [5.41, 5.74) is 8.65. The monoisotopic (exact) mass is 544 g/mol. The van der Waals surface area contributed by atoms with Gasteiger partial charge in [-0.15, -0.1) is 10.2 Å². The Balaban J connectivity index is 1.44. The van der Waals surface area contributed by atoms with E-state index in [9.17, 15) is 9.18 Å². The van der Waals surface area contributed by atoms with Gasteiger partial charge in [-0.2, -0.15) is 0 Å². The molecule has 8 nitrogen and oxygen atoms in total. The number of carbonyl (C=O) groups excluding carboxylic acids is 1. The van der Waals surface area contributed by atoms with Gasteiger partial charge in [0.15, 0.2) is 17.3 Å². The summed E-state index contributed by atoms with van der Waals surface area (Å²) in [4.78, 5) is 17.4. The molecule has 1 aliphatic heterocycles. The Morgan fingerprint density at radius 3 is 2.49 bits per heavy atom. The van der Waals surface area contributed by atoms with Gasteiger partial charge in [0.1, 0.15) is 11.9 Å². The van der Waals surface area contributed by atoms with Crippen LogP contribution in [0.3, 0.4) is 0 Å². The first-order valence-corrected chi connectivity index (χ1v) is 12.4. The Kier molecular flexibility index (Phi) is 8.16. The number of nitrogens with two attached hydrogens (primary N) is 1. The molecule has 3 N–H and O–H groups in total. The number of piperazine rings is 1. The molecule has 37 heavy (non-hydrogen) atoms. The molecule has 1 unspecified atom stereocenters. The molecule has 0 spiro atoms. The summed E-state index contributed by atoms with van der Waals surface area (Å²) in [5.74, 6) is -1.09. The molecule has 0 bridgehead atoms. The van der Waals surface area contributed by atoms with Crippen molar-refractivity contribution in [2.45, 2.75) is 13.0 Å². The number of halogens is 3. The van der Waals surface area contributed by atoms with E-state index in [-0.39, 0.29) is 32.9 Å². The maximum atomic E-state index is 13.9. The fraction of sp³-hybridized carbons (Fsp3) is 0.269. The third kappa shape index (κ3) is 6.12. The Labute approximate surface area is 224 Å². The zero-order valence-electron chi connectivity index (χ0n) is 20.5. The topological polar surface area (TPSA) is 96.6 Å². The van der Waals surface area contributed by atoms with E-state index in [1.165, 1.54) is 18.2 Å². The maximum absolute atomic E-state index is 13.9. The van der Waals surface area contributed by atoms with Crippen LogP contribution >= 0.6 is 23.2 Å². The number of ether oxygens (including phenoxy) is 1. The number of benzene rings is 2. The number of nitrogens with zero attached hydrogens (tertiary/aromatic N) is 4. The van der Waals surface area contributed by atoms with Gasteiger partial charge in [0.2, 0.25) is 0 Å². The van der Waals surface area contributed by atoms with Crippen LogP contribution in [0, 0.1) is 5.82 Å². The average molecular weight is 545 g/mol. The van der Waals surface area contributed by atoms with Gasteiger partial charge < -0.3 is 25.6 Å². The quantitative estimate of drug-likeness (QED) is 0.398. The molecular formula is C26H27Cl2FN6O2. The molecule has 1 amide bonds. The first-order chi connectivity index (χ1) is 17.6. The number of rotatable bonds is 7. The number of likely N-dealkylation sites (N-methyl/N-ethyl adjacent to an activating group) is 1. The highest BCUT2D eigenvalue weighted by atomic mass is 35.5. The van der Waals surface area contributed by atoms with Gasteiger partial charge in [-0.05, 0) is 43.8 Å². The lowest BCUT2D eigenvalue weighted by Gasteiger charge is -2.35. The van der Waals surface area contributed by atoms with Crippen LogP contribution in [0.5, 0.6) is 5.75 Å². The van der Waals surface area contributed by atoms with Crippen LogP contribution < -0.4 is 15.8 Å². The predicted octanol–water partition coefficient (Wildman–Crippen LogP) is 5.12. The summed E-state index contributed by atoms with van der Waals surface area (Å²) in [6, 6.07) is 11.3. The van der Waals surface area contributed by atoms with E-state index in [4.69, 9.17) is 33.7 Å². The second-order valence-electron chi connectivity index (χ2n) is 8.76. The number of amides is 1. The van der Waals surface area contributed by atoms with Crippen LogP contribution in [0.2, 0.25) is 10.0 Å². The lowest BCUT2D eigenvalue weighted by atomic mass is 10.1. The smallest absolute Gasteiger partial charge is 0.276 e. The summed E-state index contributed by atoms with van der Waals surface area (Å²) in [6.07, 6.45) is -0.779. The number of hydrogen-bond donors (Lipinski definition) is 2. The first-order valence-electron chi connectivity index (χ1n) is 11.6. The Morgan fingerprint density at radius 2 is 1.81 bits per heavy atom. The van der Waals surface area contributed by atoms with Crippen LogP contribution in [0.4, 0.5) is 15.9 Å². The van der Waals surface area contributed by atoms with Crippen molar-refractivity contribution in [1.82, 2.24) is 20.0 Å². The van der Waals surface area contributed by atoms with Crippen molar-refractivity contribution in [3.8, 4) is 5.75 Å². The van der Waals surface area contributed by atoms with Crippen molar-refractivity contribution >= 4 is 46.3 Å². The third-order valence-electron chi connectivity index (χ3n) is 6.17. The second kappa shape index (κ2) is 11.3. The highest BCUT2D eigenvalue weighted by Gasteiger charge is 2.21. The zero-order chi connectivity index (χ0) is 26.7. The summed E-state index contributed by atoms with van der Waals surface area (Å²) in [6.45, 7) is 9.68. The van der Waals surface area contributed by atoms with E-state index in [0.29, 0.717) is 5.69 Å². The summed E-state index contributed by atoms with van der Waals surface area (Å²) in [5, 5.41) is 10.6. The normalized spacial score (nSPS) is 14.8. The number of carbonyl (C=O) groups is 1. The van der Waals surface area contributed by atoms with Crippen LogP contribution in [-0.4, -0.2) is 59.1 Å². The molecule has 1 fully saturated rings. The van der Waals surface area contributed by atoms with Crippen molar-refractivity contribution in [3.63, 3.8) is 0 Å². The molecule has 0 saturated carbocycles. The van der Waals surface area contributed by atoms with Crippen LogP contribution in [0.25, 0.3) is 5.70 Å². The SMILES string of the molecule is C=C(c1ccc(NC(=O)c2cc(OC(C)c3c(Cl)ccc(F)c3Cl)c(N)nn2)cc1)N1CCN(C)CC1. The van der Waals surface area contributed by atoms with Crippen LogP contribution in [0.1, 0.15) is 34.6 Å². The molecule has 1 atom stereocenters. The molecule has 0 aliphatic carbocycles. The van der Waals surface area contributed by atoms with Gasteiger partial charge in [-0.25, -0.2) is 4.39 Å². The fourth-order valence-electron chi connectivity index (χ4n) is 3.95. The third-order valence-corrected chi connectivity index (χ3v) is 6.88. The van der Waals surface area contributed by atoms with E-state index in [0.717, 1.165) is 37.4 Å². The molecule has 194 valence electrons. The molecular weight excluding hydrogens is 518 g/mol. The summed E-state index contributed by atoms with van der Waals surface area (Å²) >= 11 is 12.3. The van der Waals surface area contributed by atoms with E-state index in [2.05, 4.69) is 38.9 Å². The molecule has 3 aromatic rings. The predicted molar refractivity (Wildman–Crippen MR) is 144 cm³/mol. The molecule has 4 rings (SSSR count). The van der Waals surface area contributed by atoms with Crippen molar-refractivity contribution in [3.05, 3.63) is 81.7 Å². The molecule has 11 heteroatoms. The average Bonchev–Trinajstić information content (AvgIpc) is 2.88. The lowest BCUT2D eigenvalue weighted by Crippen LogP contribution is -2.43. The second-order valence-corrected chi connectivity index (χ2v) is 9.55. The van der Waals surface area contributed by atoms with Crippen molar-refractivity contribution in [2.75, 3.05) is 44.3 Å². The van der Waals surface area contributed by atoms with Crippen molar-refractivity contribution < 1.29 is 13.9 Å². The number of nitrogens with one attached hydrogen (secondary N) is 1. The molecule has 1 saturated heterocycles. The van der Waals surface area contributed by atoms with E-state index in [1.807, 2.05) is 12.1 Å². The number of anilines is 2. The maximum Gasteiger partial charge on any atom is 0.276 e. The van der Waals surface area contributed by atoms with Gasteiger partial charge in [-0.1, -0.05) is 41.9 Å². The zero-order valence-corrected chi connectivity index (χ0v) is 22.0. The molecule has 0 radical (unpaired) electrons. The van der Waals surface area contributed by atoms with E-state index in [1.54, 1.807) is 19.1 Å². The number of hydrogen-bond acceptors (Lipinski definition) is 7. The molecule has 2 aromatic carbocycles. The summed E-state index contributed by atoms with van der Waals surface area (Å²) in [7, 11) is 2.11. The van der Waals surface area contributed by atoms with Crippen molar-refractivity contribution in [2.24, 2.45) is 0 Å². The minimum Gasteiger partial charge on any atom is -0.482 e. The van der Waals surface area contributed by atoms with E-state index < -0.39 is 17.8 Å². The Hall–Kier alpha value is -3.40. The Bertz CT molecular complexity index is 1310. The minimum atomic E-state index is -0.779. The van der Waals surface area contributed by atoms with Gasteiger partial charge >= 0.3 is 0 Å². The standard InChI is InChI=1S/C26H27Cl2FN6O2/c1-15(35-12-10-34(3)11-13-35)17-4-6-18(7-5-17)31-26(36)21-14-22(25(30)33-32-21)37-16(2)23-19(27)8-9-20(29)24(23)28/h4-9,14,16H,1,10-13H2,2-3H3,(H2,30,33)(H,31,36). The van der Waals surface area contributed by atoms with Gasteiger partial charge in [0, 0.05) is 54.2 Å². The molecule has 1 aliphatic rings. The van der Waals surface area contributed by atoms with E-state index >= 15 is 0 Å². The first kappa shape index (κ1) is 26.7. The van der Waals surface area contributed by atoms with Crippen LogP contribution in [0.15, 0.2) is 49.0 Å². The molecule has 1 aromatic heterocycles. The minimum absolute atomic E-state index is 0.0150. The van der Waals surface area contributed by atoms with Crippen molar-refractivity contribution in [1.29, 1.82) is 0 Å². The largest absolute Gasteiger partial charge is 0.482 e. The van der Waals surface area contributed by atoms with Gasteiger partial charge in [0.05, 0.1) is 5.02 Å². The molecule has 2 heterocycles. The van der Waals surface area contributed by atoms with Crippen LogP contribution in [-0.2, 0) is 0 Å².